The molecule has 0 radical (unpaired) electrons. The fraction of sp³-hybridized carbons (Fsp3) is 0.277. The van der Waals surface area contributed by atoms with E-state index in [1.54, 1.807) is 18.1 Å². The predicted molar refractivity (Wildman–Crippen MR) is 229 cm³/mol. The van der Waals surface area contributed by atoms with Crippen molar-refractivity contribution in [1.29, 1.82) is 0 Å². The van der Waals surface area contributed by atoms with Gasteiger partial charge < -0.3 is 24.2 Å². The molecule has 5 aromatic carbocycles. The molecule has 4 heterocycles. The monoisotopic (exact) mass is 805 g/mol. The van der Waals surface area contributed by atoms with Crippen LogP contribution in [0, 0.1) is 5.92 Å². The maximum absolute atomic E-state index is 15.4. The Hall–Kier alpha value is -6.08. The van der Waals surface area contributed by atoms with Crippen molar-refractivity contribution in [3.63, 3.8) is 0 Å². The molecule has 59 heavy (non-hydrogen) atoms. The van der Waals surface area contributed by atoms with Crippen molar-refractivity contribution in [3.8, 4) is 17.2 Å². The van der Waals surface area contributed by atoms with E-state index < -0.39 is 13.7 Å². The molecule has 300 valence electrons. The third-order valence-corrected chi connectivity index (χ3v) is 16.9. The Morgan fingerprint density at radius 1 is 0.864 bits per heavy atom. The summed E-state index contributed by atoms with van der Waals surface area (Å²) in [4.78, 5) is 33.3. The number of aliphatic hydroxyl groups is 1. The lowest BCUT2D eigenvalue weighted by Crippen LogP contribution is -2.51. The number of anilines is 3. The Labute approximate surface area is 344 Å². The molecule has 1 N–H and O–H groups in total. The van der Waals surface area contributed by atoms with Crippen molar-refractivity contribution < 1.29 is 28.9 Å². The lowest BCUT2D eigenvalue weighted by Gasteiger charge is -2.37. The van der Waals surface area contributed by atoms with Crippen LogP contribution in [0.15, 0.2) is 128 Å². The summed E-state index contributed by atoms with van der Waals surface area (Å²) in [6, 6.07) is 39.0. The molecule has 9 rings (SSSR count). The van der Waals surface area contributed by atoms with Crippen LogP contribution in [0.3, 0.4) is 0 Å². The predicted octanol–water partition coefficient (Wildman–Crippen LogP) is 7.76. The molecule has 1 aromatic heterocycles. The molecule has 0 aliphatic carbocycles. The standard InChI is InChI=1S/C47H47N5O6Si/c1-31-44(59(3,4)36-22-20-35(56-2)21-23-36)43(24-26-50-30-33(25-27-53)48-49-50)58-47(31)38-15-6-7-16-39(38)51(46(47)55)29-32-12-11-13-34(28-32)52-40-17-8-10-19-42(40)57-41-18-9-5-14-37(41)45(52)54/h5-23,28,30-31,43-44,53H,24-27,29H2,1-4H3/t31-,43+,44-,47+/m1/s1. The highest BCUT2D eigenvalue weighted by atomic mass is 28.3. The van der Waals surface area contributed by atoms with E-state index in [0.717, 1.165) is 28.3 Å². The Balaban J connectivity index is 1.07. The Bertz CT molecular complexity index is 2540. The smallest absolute Gasteiger partial charge is 0.266 e. The Morgan fingerprint density at radius 2 is 1.59 bits per heavy atom. The van der Waals surface area contributed by atoms with Gasteiger partial charge >= 0.3 is 0 Å². The lowest BCUT2D eigenvalue weighted by molar-refractivity contribution is -0.146. The number of hydrogen-bond donors (Lipinski definition) is 1. The van der Waals surface area contributed by atoms with Gasteiger partial charge in [0.05, 0.1) is 50.5 Å². The second-order valence-electron chi connectivity index (χ2n) is 16.2. The lowest BCUT2D eigenvalue weighted by atomic mass is 9.82. The first-order chi connectivity index (χ1) is 28.6. The van der Waals surface area contributed by atoms with Crippen LogP contribution in [-0.4, -0.2) is 59.8 Å². The number of fused-ring (bicyclic) bond motifs is 4. The van der Waals surface area contributed by atoms with Crippen molar-refractivity contribution in [2.45, 2.75) is 63.2 Å². The summed E-state index contributed by atoms with van der Waals surface area (Å²) in [6.45, 7) is 7.78. The van der Waals surface area contributed by atoms with Gasteiger partial charge in [0.2, 0.25) is 0 Å². The maximum atomic E-state index is 15.4. The van der Waals surface area contributed by atoms with E-state index in [1.165, 1.54) is 5.19 Å². The summed E-state index contributed by atoms with van der Waals surface area (Å²) < 4.78 is 20.9. The Kier molecular flexibility index (Phi) is 9.94. The van der Waals surface area contributed by atoms with Gasteiger partial charge in [-0.15, -0.1) is 5.10 Å². The molecule has 2 amide bonds. The zero-order valence-corrected chi connectivity index (χ0v) is 34.6. The second-order valence-corrected chi connectivity index (χ2v) is 20.9. The van der Waals surface area contributed by atoms with Gasteiger partial charge in [0, 0.05) is 42.9 Å². The number of nitrogens with zero attached hydrogens (tertiary/aromatic N) is 5. The molecule has 3 aliphatic heterocycles. The van der Waals surface area contributed by atoms with Crippen LogP contribution >= 0.6 is 0 Å². The maximum Gasteiger partial charge on any atom is 0.266 e. The van der Waals surface area contributed by atoms with Crippen LogP contribution in [0.4, 0.5) is 17.1 Å². The summed E-state index contributed by atoms with van der Waals surface area (Å²) >= 11 is 0. The topological polar surface area (TPSA) is 119 Å². The van der Waals surface area contributed by atoms with E-state index in [1.807, 2.05) is 119 Å². The van der Waals surface area contributed by atoms with E-state index in [4.69, 9.17) is 14.2 Å². The summed E-state index contributed by atoms with van der Waals surface area (Å²) in [5.74, 6) is 1.42. The molecule has 11 nitrogen and oxygen atoms in total. The molecule has 3 aliphatic rings. The Morgan fingerprint density at radius 3 is 2.37 bits per heavy atom. The van der Waals surface area contributed by atoms with Crippen LogP contribution in [-0.2, 0) is 34.6 Å². The molecule has 1 fully saturated rings. The van der Waals surface area contributed by atoms with Gasteiger partial charge in [0.15, 0.2) is 11.4 Å². The van der Waals surface area contributed by atoms with Crippen molar-refractivity contribution >= 4 is 42.1 Å². The highest BCUT2D eigenvalue weighted by Gasteiger charge is 2.66. The van der Waals surface area contributed by atoms with Gasteiger partial charge in [-0.05, 0) is 72.1 Å². The van der Waals surface area contributed by atoms with E-state index in [2.05, 4.69) is 42.5 Å². The molecule has 12 heteroatoms. The number of aromatic nitrogens is 3. The number of rotatable bonds is 11. The molecule has 0 bridgehead atoms. The van der Waals surface area contributed by atoms with Crippen LogP contribution < -0.4 is 24.5 Å². The fourth-order valence-electron chi connectivity index (χ4n) is 9.67. The zero-order chi connectivity index (χ0) is 40.9. The molecule has 4 atom stereocenters. The number of methoxy groups -OCH3 is 1. The summed E-state index contributed by atoms with van der Waals surface area (Å²) in [6.07, 6.45) is 2.68. The minimum absolute atomic E-state index is 0.00429. The third-order valence-electron chi connectivity index (χ3n) is 12.5. The number of aliphatic hydroxyl groups excluding tert-OH is 1. The number of aryl methyl sites for hydroxylation is 1. The average molecular weight is 806 g/mol. The molecule has 0 saturated carbocycles. The number of benzene rings is 5. The molecule has 1 saturated heterocycles. The van der Waals surface area contributed by atoms with E-state index in [0.29, 0.717) is 47.8 Å². The van der Waals surface area contributed by atoms with E-state index in [9.17, 15) is 9.90 Å². The van der Waals surface area contributed by atoms with E-state index in [-0.39, 0.29) is 42.5 Å². The van der Waals surface area contributed by atoms with Crippen molar-refractivity contribution in [2.75, 3.05) is 23.5 Å². The molecular weight excluding hydrogens is 759 g/mol. The van der Waals surface area contributed by atoms with Gasteiger partial charge in [-0.25, -0.2) is 0 Å². The van der Waals surface area contributed by atoms with Gasteiger partial charge in [-0.2, -0.15) is 0 Å². The number of carbonyl (C=O) groups is 2. The molecule has 0 unspecified atom stereocenters. The van der Waals surface area contributed by atoms with Crippen LogP contribution in [0.1, 0.15) is 40.5 Å². The third kappa shape index (κ3) is 6.51. The summed E-state index contributed by atoms with van der Waals surface area (Å²) in [7, 11) is -0.690. The largest absolute Gasteiger partial charge is 0.497 e. The van der Waals surface area contributed by atoms with Gasteiger partial charge in [0.25, 0.3) is 11.8 Å². The summed E-state index contributed by atoms with van der Waals surface area (Å²) in [5.41, 5.74) is 3.89. The summed E-state index contributed by atoms with van der Waals surface area (Å²) in [5, 5.41) is 19.3. The highest BCUT2D eigenvalue weighted by Crippen LogP contribution is 2.60. The zero-order valence-electron chi connectivity index (χ0n) is 33.6. The second kappa shape index (κ2) is 15.3. The number of ether oxygens (including phenoxy) is 3. The van der Waals surface area contributed by atoms with Crippen molar-refractivity contribution in [2.24, 2.45) is 5.92 Å². The van der Waals surface area contributed by atoms with Crippen molar-refractivity contribution in [3.05, 3.63) is 150 Å². The normalized spacial score (nSPS) is 20.9. The minimum Gasteiger partial charge on any atom is -0.497 e. The minimum atomic E-state index is -2.36. The highest BCUT2D eigenvalue weighted by molar-refractivity contribution is 6.91. The van der Waals surface area contributed by atoms with Gasteiger partial charge in [-0.3, -0.25) is 19.2 Å². The number of amides is 2. The number of hydrogen-bond acceptors (Lipinski definition) is 8. The molecule has 1 spiro atoms. The molecule has 6 aromatic rings. The van der Waals surface area contributed by atoms with Crippen LogP contribution in [0.25, 0.3) is 0 Å². The first kappa shape index (κ1) is 38.4. The quantitative estimate of drug-likeness (QED) is 0.132. The van der Waals surface area contributed by atoms with Crippen molar-refractivity contribution in [1.82, 2.24) is 15.0 Å². The first-order valence-corrected chi connectivity index (χ1v) is 23.2. The average Bonchev–Trinajstić information content (AvgIpc) is 3.87. The molecular formula is C47H47N5O6Si. The number of carbonyl (C=O) groups excluding carboxylic acids is 2. The van der Waals surface area contributed by atoms with Gasteiger partial charge in [-0.1, -0.05) is 97.1 Å². The fourth-order valence-corrected chi connectivity index (χ4v) is 13.7. The first-order valence-electron chi connectivity index (χ1n) is 20.2. The number of para-hydroxylation sites is 4. The SMILES string of the molecule is COc1ccc([Si](C)(C)[C@H]2[C@H](CCn3cc(CCO)nn3)O[C@@]3(C(=O)N(Cc4cccc(N5C(=O)c6ccccc6Oc6ccccc65)c4)c4ccccc43)[C@@H]2C)cc1. The van der Waals surface area contributed by atoms with Crippen LogP contribution in [0.5, 0.6) is 17.2 Å². The van der Waals surface area contributed by atoms with Crippen LogP contribution in [0.2, 0.25) is 18.6 Å². The van der Waals surface area contributed by atoms with Gasteiger partial charge in [0.1, 0.15) is 11.5 Å². The van der Waals surface area contributed by atoms with E-state index >= 15 is 4.79 Å².